The molecule has 0 aliphatic carbocycles. The Morgan fingerprint density at radius 2 is 1.60 bits per heavy atom. The van der Waals surface area contributed by atoms with E-state index in [1.807, 2.05) is 0 Å². The maximum atomic E-state index is 11.0. The second kappa shape index (κ2) is 3.22. The number of H-pyrrole nitrogens is 2. The molecule has 0 atom stereocenters. The zero-order valence-corrected chi connectivity index (χ0v) is 7.22. The van der Waals surface area contributed by atoms with Gasteiger partial charge in [0.1, 0.15) is 0 Å². The fourth-order valence-electron chi connectivity index (χ4n) is 0.842. The van der Waals surface area contributed by atoms with Crippen molar-refractivity contribution in [2.45, 2.75) is 5.91 Å². The number of aliphatic hydroxyl groups is 3. The van der Waals surface area contributed by atoms with E-state index >= 15 is 0 Å². The molecule has 0 aromatic carbocycles. The van der Waals surface area contributed by atoms with E-state index in [2.05, 4.69) is 6.58 Å². The number of hydrogen-bond donors (Lipinski definition) is 5. The molecule has 0 saturated carbocycles. The second-order valence-corrected chi connectivity index (χ2v) is 2.61. The third kappa shape index (κ3) is 1.73. The van der Waals surface area contributed by atoms with Gasteiger partial charge in [-0.1, -0.05) is 6.58 Å². The van der Waals surface area contributed by atoms with Gasteiger partial charge in [0.15, 0.2) is 5.76 Å². The molecular formula is C6H7N3O6. The maximum absolute atomic E-state index is 11.0. The van der Waals surface area contributed by atoms with Crippen LogP contribution in [0.2, 0.25) is 0 Å². The van der Waals surface area contributed by atoms with Gasteiger partial charge >= 0.3 is 23.0 Å². The van der Waals surface area contributed by atoms with Crippen LogP contribution in [0.15, 0.2) is 26.7 Å². The monoisotopic (exact) mass is 217 g/mol. The lowest BCUT2D eigenvalue weighted by molar-refractivity contribution is -0.221. The summed E-state index contributed by atoms with van der Waals surface area (Å²) in [6.07, 6.45) is 0. The number of nitrogens with zero attached hydrogens (tertiary/aromatic N) is 1. The Hall–Kier alpha value is -2.13. The van der Waals surface area contributed by atoms with Crippen molar-refractivity contribution in [2.75, 3.05) is 0 Å². The van der Waals surface area contributed by atoms with Crippen LogP contribution in [-0.2, 0) is 5.91 Å². The van der Waals surface area contributed by atoms with Gasteiger partial charge in [-0.3, -0.25) is 9.97 Å². The summed E-state index contributed by atoms with van der Waals surface area (Å²) in [6.45, 7) is 2.76. The molecule has 5 N–H and O–H groups in total. The first-order chi connectivity index (χ1) is 6.76. The Kier molecular flexibility index (Phi) is 2.35. The molecule has 0 radical (unpaired) electrons. The van der Waals surface area contributed by atoms with E-state index in [1.54, 1.807) is 9.97 Å². The second-order valence-electron chi connectivity index (χ2n) is 2.61. The quantitative estimate of drug-likeness (QED) is 0.261. The predicted octanol–water partition coefficient (Wildman–Crippen LogP) is -3.11. The highest BCUT2D eigenvalue weighted by Gasteiger charge is 2.33. The first kappa shape index (κ1) is 10.9. The Morgan fingerprint density at radius 3 is 1.93 bits per heavy atom. The molecule has 9 nitrogen and oxygen atoms in total. The largest absolute Gasteiger partial charge is 0.506 e. The van der Waals surface area contributed by atoms with Gasteiger partial charge in [0.2, 0.25) is 0 Å². The van der Waals surface area contributed by atoms with Gasteiger partial charge in [-0.05, 0) is 0 Å². The number of aliphatic hydroxyl groups excluding tert-OH is 1. The molecule has 15 heavy (non-hydrogen) atoms. The number of aromatic amines is 2. The minimum absolute atomic E-state index is 0.212. The first-order valence-corrected chi connectivity index (χ1v) is 3.56. The lowest BCUT2D eigenvalue weighted by Crippen LogP contribution is -2.54. The highest BCUT2D eigenvalue weighted by atomic mass is 16.5. The normalized spacial score (nSPS) is 11.3. The van der Waals surface area contributed by atoms with Gasteiger partial charge in [0.25, 0.3) is 0 Å². The van der Waals surface area contributed by atoms with Crippen molar-refractivity contribution in [1.29, 1.82) is 0 Å². The lowest BCUT2D eigenvalue weighted by atomic mass is 10.4. The van der Waals surface area contributed by atoms with Crippen LogP contribution < -0.4 is 17.1 Å². The molecular weight excluding hydrogens is 210 g/mol. The van der Waals surface area contributed by atoms with E-state index in [4.69, 9.17) is 15.3 Å². The summed E-state index contributed by atoms with van der Waals surface area (Å²) < 4.78 is -0.212. The molecule has 0 spiro atoms. The molecule has 9 heteroatoms. The van der Waals surface area contributed by atoms with Gasteiger partial charge in [-0.2, -0.15) is 4.57 Å². The van der Waals surface area contributed by atoms with E-state index in [0.29, 0.717) is 0 Å². The zero-order valence-electron chi connectivity index (χ0n) is 7.22. The maximum Gasteiger partial charge on any atom is 0.338 e. The zero-order chi connectivity index (χ0) is 11.8. The molecule has 0 unspecified atom stereocenters. The van der Waals surface area contributed by atoms with E-state index in [-0.39, 0.29) is 4.57 Å². The van der Waals surface area contributed by atoms with Crippen LogP contribution in [0, 0.1) is 0 Å². The summed E-state index contributed by atoms with van der Waals surface area (Å²) in [5, 5.41) is 27.0. The molecule has 1 rings (SSSR count). The van der Waals surface area contributed by atoms with Crippen LogP contribution in [0.1, 0.15) is 0 Å². The smallest absolute Gasteiger partial charge is 0.338 e. The van der Waals surface area contributed by atoms with Crippen LogP contribution >= 0.6 is 0 Å². The lowest BCUT2D eigenvalue weighted by Gasteiger charge is -2.20. The molecule has 0 amide bonds. The standard InChI is InChI=1S/C6H7N3O6/c1-2(10)6(14,15)9-4(12)7-3(11)8-5(9)13/h10,14-15H,1H2,(H2,7,8,11,12,13). The Morgan fingerprint density at radius 1 is 1.20 bits per heavy atom. The number of aromatic nitrogens is 3. The van der Waals surface area contributed by atoms with Gasteiger partial charge in [-0.15, -0.1) is 0 Å². The van der Waals surface area contributed by atoms with Gasteiger partial charge in [0, 0.05) is 0 Å². The minimum Gasteiger partial charge on any atom is -0.506 e. The summed E-state index contributed by atoms with van der Waals surface area (Å²) in [4.78, 5) is 35.8. The molecule has 1 aromatic heterocycles. The molecule has 1 heterocycles. The van der Waals surface area contributed by atoms with Crippen LogP contribution in [0.25, 0.3) is 0 Å². The SMILES string of the molecule is C=C(O)C(O)(O)n1c(=O)[nH]c(=O)[nH]c1=O. The summed E-state index contributed by atoms with van der Waals surface area (Å²) >= 11 is 0. The average molecular weight is 217 g/mol. The Bertz CT molecular complexity index is 527. The fraction of sp³-hybridized carbons (Fsp3) is 0.167. The van der Waals surface area contributed by atoms with Gasteiger partial charge < -0.3 is 15.3 Å². The number of hydrogen-bond acceptors (Lipinski definition) is 6. The highest BCUT2D eigenvalue weighted by molar-refractivity contribution is 4.93. The van der Waals surface area contributed by atoms with Crippen molar-refractivity contribution in [3.8, 4) is 0 Å². The molecule has 0 aliphatic rings. The summed E-state index contributed by atoms with van der Waals surface area (Å²) in [6, 6.07) is 0. The average Bonchev–Trinajstić information content (AvgIpc) is 2.00. The van der Waals surface area contributed by atoms with Crippen molar-refractivity contribution in [1.82, 2.24) is 14.5 Å². The van der Waals surface area contributed by atoms with Crippen LogP contribution in [-0.4, -0.2) is 29.9 Å². The summed E-state index contributed by atoms with van der Waals surface area (Å²) in [5.41, 5.74) is -3.91. The van der Waals surface area contributed by atoms with Crippen LogP contribution in [0.3, 0.4) is 0 Å². The van der Waals surface area contributed by atoms with Crippen molar-refractivity contribution in [2.24, 2.45) is 0 Å². The number of rotatable bonds is 2. The van der Waals surface area contributed by atoms with Gasteiger partial charge in [-0.25, -0.2) is 14.4 Å². The number of nitrogens with one attached hydrogen (secondary N) is 2. The van der Waals surface area contributed by atoms with Crippen LogP contribution in [0.5, 0.6) is 0 Å². The summed E-state index contributed by atoms with van der Waals surface area (Å²) in [5.74, 6) is -4.53. The Balaban J connectivity index is 3.67. The van der Waals surface area contributed by atoms with Crippen molar-refractivity contribution in [3.63, 3.8) is 0 Å². The Labute approximate surface area is 80.6 Å². The predicted molar refractivity (Wildman–Crippen MR) is 46.1 cm³/mol. The minimum atomic E-state index is -3.28. The molecule has 82 valence electrons. The topological polar surface area (TPSA) is 148 Å². The van der Waals surface area contributed by atoms with E-state index < -0.39 is 28.7 Å². The van der Waals surface area contributed by atoms with Crippen molar-refractivity contribution >= 4 is 0 Å². The molecule has 0 bridgehead atoms. The molecule has 1 aromatic rings. The molecule has 0 saturated heterocycles. The van der Waals surface area contributed by atoms with Crippen LogP contribution in [0.4, 0.5) is 0 Å². The van der Waals surface area contributed by atoms with Gasteiger partial charge in [0.05, 0.1) is 0 Å². The van der Waals surface area contributed by atoms with E-state index in [9.17, 15) is 14.4 Å². The summed E-state index contributed by atoms with van der Waals surface area (Å²) in [7, 11) is 0. The fourth-order valence-corrected chi connectivity index (χ4v) is 0.842. The third-order valence-electron chi connectivity index (χ3n) is 1.55. The van der Waals surface area contributed by atoms with Crippen molar-refractivity contribution < 1.29 is 15.3 Å². The highest BCUT2D eigenvalue weighted by Crippen LogP contribution is 2.09. The molecule has 0 aliphatic heterocycles. The third-order valence-corrected chi connectivity index (χ3v) is 1.55. The van der Waals surface area contributed by atoms with E-state index in [1.165, 1.54) is 0 Å². The van der Waals surface area contributed by atoms with Crippen molar-refractivity contribution in [3.05, 3.63) is 43.8 Å². The van der Waals surface area contributed by atoms with E-state index in [0.717, 1.165) is 0 Å². The molecule has 0 fully saturated rings. The first-order valence-electron chi connectivity index (χ1n) is 3.56.